The predicted molar refractivity (Wildman–Crippen MR) is 113 cm³/mol. The molecule has 0 atom stereocenters. The van der Waals surface area contributed by atoms with Crippen LogP contribution in [0.2, 0.25) is 0 Å². The van der Waals surface area contributed by atoms with Crippen LogP contribution in [-0.2, 0) is 9.31 Å². The molecule has 1 aliphatic rings. The van der Waals surface area contributed by atoms with Crippen molar-refractivity contribution in [3.05, 3.63) is 66.5 Å². The third kappa shape index (κ3) is 3.48. The molecule has 3 aromatic rings. The largest absolute Gasteiger partial charge is 0.496 e. The van der Waals surface area contributed by atoms with Gasteiger partial charge in [-0.2, -0.15) is 0 Å². The highest BCUT2D eigenvalue weighted by Gasteiger charge is 2.51. The SMILES string of the molecule is Cc1ccc(-c2ccc(-c3ccc(B4OC(C)(C)C(C)(C)O4)cn3)cn2)cc1. The summed E-state index contributed by atoms with van der Waals surface area (Å²) in [6, 6.07) is 16.5. The standard InChI is InChI=1S/C23H25BN2O2/c1-16-6-8-17(9-7-16)20-12-10-18(14-25-20)21-13-11-19(15-26-21)24-27-22(2,3)23(4,5)28-24/h6-15H,1-5H3. The second kappa shape index (κ2) is 6.84. The fourth-order valence-corrected chi connectivity index (χ4v) is 3.14. The second-order valence-electron chi connectivity index (χ2n) is 8.36. The first kappa shape index (κ1) is 18.8. The maximum atomic E-state index is 6.09. The van der Waals surface area contributed by atoms with E-state index in [1.807, 2.05) is 30.6 Å². The Bertz CT molecular complexity index is 949. The summed E-state index contributed by atoms with van der Waals surface area (Å²) in [5.74, 6) is 0. The molecule has 0 saturated carbocycles. The lowest BCUT2D eigenvalue weighted by molar-refractivity contribution is 0.00578. The molecule has 2 aromatic heterocycles. The molecular formula is C23H25BN2O2. The zero-order chi connectivity index (χ0) is 19.9. The van der Waals surface area contributed by atoms with Gasteiger partial charge in [0.2, 0.25) is 0 Å². The van der Waals surface area contributed by atoms with Crippen LogP contribution in [0.3, 0.4) is 0 Å². The summed E-state index contributed by atoms with van der Waals surface area (Å²) in [6.07, 6.45) is 3.69. The fraction of sp³-hybridized carbons (Fsp3) is 0.304. The number of nitrogens with zero attached hydrogens (tertiary/aromatic N) is 2. The van der Waals surface area contributed by atoms with Crippen LogP contribution >= 0.6 is 0 Å². The first-order valence-electron chi connectivity index (χ1n) is 9.60. The lowest BCUT2D eigenvalue weighted by Gasteiger charge is -2.32. The Kier molecular flexibility index (Phi) is 4.60. The number of pyridine rings is 2. The van der Waals surface area contributed by atoms with Crippen molar-refractivity contribution in [1.82, 2.24) is 9.97 Å². The Morgan fingerprint density at radius 3 is 1.75 bits per heavy atom. The van der Waals surface area contributed by atoms with E-state index in [9.17, 15) is 0 Å². The number of hydrogen-bond donors (Lipinski definition) is 0. The number of benzene rings is 1. The first-order valence-corrected chi connectivity index (χ1v) is 9.60. The molecule has 1 fully saturated rings. The van der Waals surface area contributed by atoms with E-state index in [0.29, 0.717) is 0 Å². The maximum Gasteiger partial charge on any atom is 0.496 e. The molecule has 0 N–H and O–H groups in total. The van der Waals surface area contributed by atoms with Gasteiger partial charge in [0.1, 0.15) is 0 Å². The molecule has 3 heterocycles. The molecule has 4 rings (SSSR count). The molecule has 0 radical (unpaired) electrons. The molecule has 0 amide bonds. The van der Waals surface area contributed by atoms with Crippen molar-refractivity contribution >= 4 is 12.6 Å². The molecule has 4 nitrogen and oxygen atoms in total. The summed E-state index contributed by atoms with van der Waals surface area (Å²) < 4.78 is 12.2. The van der Waals surface area contributed by atoms with Crippen molar-refractivity contribution in [1.29, 1.82) is 0 Å². The van der Waals surface area contributed by atoms with Crippen LogP contribution in [0.15, 0.2) is 60.9 Å². The van der Waals surface area contributed by atoms with Gasteiger partial charge in [-0.3, -0.25) is 9.97 Å². The molecule has 1 aromatic carbocycles. The molecule has 1 saturated heterocycles. The van der Waals surface area contributed by atoms with Crippen molar-refractivity contribution < 1.29 is 9.31 Å². The zero-order valence-electron chi connectivity index (χ0n) is 17.1. The molecule has 1 aliphatic heterocycles. The first-order chi connectivity index (χ1) is 13.2. The third-order valence-electron chi connectivity index (χ3n) is 5.72. The minimum atomic E-state index is -0.395. The van der Waals surface area contributed by atoms with Crippen LogP contribution in [0, 0.1) is 6.92 Å². The van der Waals surface area contributed by atoms with Crippen molar-refractivity contribution in [2.24, 2.45) is 0 Å². The summed E-state index contributed by atoms with van der Waals surface area (Å²) in [5.41, 5.74) is 5.38. The molecule has 142 valence electrons. The Balaban J connectivity index is 1.52. The van der Waals surface area contributed by atoms with E-state index < -0.39 is 7.12 Å². The summed E-state index contributed by atoms with van der Waals surface area (Å²) in [5, 5.41) is 0. The monoisotopic (exact) mass is 372 g/mol. The zero-order valence-corrected chi connectivity index (χ0v) is 17.1. The van der Waals surface area contributed by atoms with Gasteiger partial charge >= 0.3 is 7.12 Å². The lowest BCUT2D eigenvalue weighted by Crippen LogP contribution is -2.41. The van der Waals surface area contributed by atoms with Gasteiger partial charge in [0.05, 0.1) is 22.6 Å². The molecule has 0 bridgehead atoms. The average molecular weight is 372 g/mol. The van der Waals surface area contributed by atoms with E-state index in [-0.39, 0.29) is 11.2 Å². The number of hydrogen-bond acceptors (Lipinski definition) is 4. The summed E-state index contributed by atoms with van der Waals surface area (Å²) >= 11 is 0. The highest BCUT2D eigenvalue weighted by molar-refractivity contribution is 6.62. The van der Waals surface area contributed by atoms with E-state index in [1.54, 1.807) is 0 Å². The minimum Gasteiger partial charge on any atom is -0.399 e. The lowest BCUT2D eigenvalue weighted by atomic mass is 9.80. The van der Waals surface area contributed by atoms with E-state index in [4.69, 9.17) is 9.31 Å². The molecule has 0 unspecified atom stereocenters. The van der Waals surface area contributed by atoms with Crippen LogP contribution in [0.25, 0.3) is 22.5 Å². The summed E-state index contributed by atoms with van der Waals surface area (Å²) in [4.78, 5) is 9.21. The third-order valence-corrected chi connectivity index (χ3v) is 5.72. The van der Waals surface area contributed by atoms with Crippen molar-refractivity contribution in [2.75, 3.05) is 0 Å². The van der Waals surface area contributed by atoms with Gasteiger partial charge in [-0.05, 0) is 52.8 Å². The average Bonchev–Trinajstić information content (AvgIpc) is 2.90. The topological polar surface area (TPSA) is 44.2 Å². The van der Waals surface area contributed by atoms with Gasteiger partial charge in [-0.25, -0.2) is 0 Å². The van der Waals surface area contributed by atoms with E-state index in [0.717, 1.165) is 28.0 Å². The number of aryl methyl sites for hydroxylation is 1. The van der Waals surface area contributed by atoms with Crippen LogP contribution < -0.4 is 5.46 Å². The van der Waals surface area contributed by atoms with Gasteiger partial charge in [0.25, 0.3) is 0 Å². The predicted octanol–water partition coefficient (Wildman–Crippen LogP) is 4.42. The maximum absolute atomic E-state index is 6.09. The van der Waals surface area contributed by atoms with Gasteiger partial charge in [0, 0.05) is 29.0 Å². The molecule has 0 spiro atoms. The van der Waals surface area contributed by atoms with Gasteiger partial charge < -0.3 is 9.31 Å². The quantitative estimate of drug-likeness (QED) is 0.639. The number of aromatic nitrogens is 2. The molecule has 0 aliphatic carbocycles. The van der Waals surface area contributed by atoms with E-state index >= 15 is 0 Å². The second-order valence-corrected chi connectivity index (χ2v) is 8.36. The summed E-state index contributed by atoms with van der Waals surface area (Å²) in [7, 11) is -0.395. The Hall–Kier alpha value is -2.50. The van der Waals surface area contributed by atoms with E-state index in [2.05, 4.69) is 74.9 Å². The normalized spacial score (nSPS) is 17.7. The number of rotatable bonds is 3. The molecular weight excluding hydrogens is 347 g/mol. The summed E-state index contributed by atoms with van der Waals surface area (Å²) in [6.45, 7) is 10.3. The van der Waals surface area contributed by atoms with Crippen LogP contribution in [0.5, 0.6) is 0 Å². The van der Waals surface area contributed by atoms with Gasteiger partial charge in [-0.15, -0.1) is 0 Å². The fourth-order valence-electron chi connectivity index (χ4n) is 3.14. The van der Waals surface area contributed by atoms with Gasteiger partial charge in [0.15, 0.2) is 0 Å². The highest BCUT2D eigenvalue weighted by atomic mass is 16.7. The highest BCUT2D eigenvalue weighted by Crippen LogP contribution is 2.36. The van der Waals surface area contributed by atoms with Crippen LogP contribution in [-0.4, -0.2) is 28.3 Å². The Morgan fingerprint density at radius 2 is 1.21 bits per heavy atom. The van der Waals surface area contributed by atoms with Gasteiger partial charge in [-0.1, -0.05) is 35.9 Å². The molecule has 5 heteroatoms. The van der Waals surface area contributed by atoms with Crippen LogP contribution in [0.1, 0.15) is 33.3 Å². The van der Waals surface area contributed by atoms with Crippen LogP contribution in [0.4, 0.5) is 0 Å². The Labute approximate surface area is 167 Å². The minimum absolute atomic E-state index is 0.355. The molecule has 28 heavy (non-hydrogen) atoms. The Morgan fingerprint density at radius 1 is 0.679 bits per heavy atom. The smallest absolute Gasteiger partial charge is 0.399 e. The van der Waals surface area contributed by atoms with Crippen molar-refractivity contribution in [3.8, 4) is 22.5 Å². The van der Waals surface area contributed by atoms with Crippen molar-refractivity contribution in [3.63, 3.8) is 0 Å². The van der Waals surface area contributed by atoms with E-state index in [1.165, 1.54) is 5.56 Å². The van der Waals surface area contributed by atoms with Crippen molar-refractivity contribution in [2.45, 2.75) is 45.8 Å².